The first-order valence-electron chi connectivity index (χ1n) is 3.52. The molecule has 0 aliphatic rings. The molecule has 0 amide bonds. The lowest BCUT2D eigenvalue weighted by Gasteiger charge is -2.10. The van der Waals surface area contributed by atoms with E-state index in [0.29, 0.717) is 6.04 Å². The minimum absolute atomic E-state index is 0.152. The molecule has 0 rings (SSSR count). The Morgan fingerprint density at radius 3 is 2.22 bits per heavy atom. The fourth-order valence-electron chi connectivity index (χ4n) is 0.636. The van der Waals surface area contributed by atoms with Crippen molar-refractivity contribution >= 4 is 0 Å². The number of rotatable bonds is 4. The topological polar surface area (TPSA) is 32.3 Å². The first kappa shape index (κ1) is 8.92. The summed E-state index contributed by atoms with van der Waals surface area (Å²) in [6.45, 7) is 3.94. The van der Waals surface area contributed by atoms with Gasteiger partial charge in [0.15, 0.2) is 0 Å². The van der Waals surface area contributed by atoms with Crippen LogP contribution in [0, 0.1) is 0 Å². The van der Waals surface area contributed by atoms with Gasteiger partial charge >= 0.3 is 0 Å². The fraction of sp³-hybridized carbons (Fsp3) is 1.00. The van der Waals surface area contributed by atoms with E-state index in [-0.39, 0.29) is 6.10 Å². The van der Waals surface area contributed by atoms with Gasteiger partial charge < -0.3 is 10.4 Å². The van der Waals surface area contributed by atoms with Gasteiger partial charge in [0.25, 0.3) is 0 Å². The molecule has 2 N–H and O–H groups in total. The molecule has 0 spiro atoms. The van der Waals surface area contributed by atoms with Gasteiger partial charge in [-0.25, -0.2) is 0 Å². The predicted octanol–water partition coefficient (Wildman–Crippen LogP) is 0.755. The van der Waals surface area contributed by atoms with Gasteiger partial charge in [-0.15, -0.1) is 0 Å². The lowest BCUT2D eigenvalue weighted by atomic mass is 10.1. The second-order valence-electron chi connectivity index (χ2n) is 2.62. The summed E-state index contributed by atoms with van der Waals surface area (Å²) in [7, 11) is 1.94. The Hall–Kier alpha value is -0.0800. The van der Waals surface area contributed by atoms with E-state index >= 15 is 0 Å². The SMILES string of the molecule is CNC(C)CCC(C)O. The van der Waals surface area contributed by atoms with E-state index in [1.165, 1.54) is 0 Å². The van der Waals surface area contributed by atoms with Crippen LogP contribution in [-0.4, -0.2) is 24.3 Å². The van der Waals surface area contributed by atoms with E-state index < -0.39 is 0 Å². The van der Waals surface area contributed by atoms with Crippen molar-refractivity contribution in [2.24, 2.45) is 0 Å². The van der Waals surface area contributed by atoms with Crippen LogP contribution in [0.5, 0.6) is 0 Å². The van der Waals surface area contributed by atoms with Gasteiger partial charge in [-0.1, -0.05) is 0 Å². The molecule has 0 fully saturated rings. The second-order valence-corrected chi connectivity index (χ2v) is 2.62. The smallest absolute Gasteiger partial charge is 0.0512 e. The van der Waals surface area contributed by atoms with Crippen molar-refractivity contribution in [2.75, 3.05) is 7.05 Å². The van der Waals surface area contributed by atoms with Crippen LogP contribution in [0.25, 0.3) is 0 Å². The molecule has 56 valence electrons. The van der Waals surface area contributed by atoms with Crippen LogP contribution in [-0.2, 0) is 0 Å². The van der Waals surface area contributed by atoms with Crippen LogP contribution in [0.4, 0.5) is 0 Å². The van der Waals surface area contributed by atoms with Crippen molar-refractivity contribution in [1.82, 2.24) is 5.32 Å². The maximum atomic E-state index is 8.87. The largest absolute Gasteiger partial charge is 0.393 e. The quantitative estimate of drug-likeness (QED) is 0.590. The molecule has 0 aromatic carbocycles. The van der Waals surface area contributed by atoms with E-state index in [0.717, 1.165) is 12.8 Å². The first-order chi connectivity index (χ1) is 4.16. The highest BCUT2D eigenvalue weighted by molar-refractivity contribution is 4.58. The zero-order chi connectivity index (χ0) is 7.28. The van der Waals surface area contributed by atoms with Gasteiger partial charge in [0.05, 0.1) is 6.10 Å². The average Bonchev–Trinajstić information content (AvgIpc) is 1.83. The predicted molar refractivity (Wildman–Crippen MR) is 39.4 cm³/mol. The van der Waals surface area contributed by atoms with Crippen LogP contribution in [0.2, 0.25) is 0 Å². The molecule has 0 aromatic rings. The highest BCUT2D eigenvalue weighted by Crippen LogP contribution is 1.98. The maximum Gasteiger partial charge on any atom is 0.0512 e. The number of hydrogen-bond donors (Lipinski definition) is 2. The molecule has 2 nitrogen and oxygen atoms in total. The Labute approximate surface area is 57.3 Å². The first-order valence-corrected chi connectivity index (χ1v) is 3.52. The van der Waals surface area contributed by atoms with Gasteiger partial charge in [0.2, 0.25) is 0 Å². The van der Waals surface area contributed by atoms with E-state index in [4.69, 9.17) is 5.11 Å². The lowest BCUT2D eigenvalue weighted by Crippen LogP contribution is -2.22. The van der Waals surface area contributed by atoms with Crippen molar-refractivity contribution in [3.8, 4) is 0 Å². The molecule has 0 bridgehead atoms. The molecule has 0 aliphatic heterocycles. The summed E-state index contributed by atoms with van der Waals surface area (Å²) >= 11 is 0. The third-order valence-electron chi connectivity index (χ3n) is 1.51. The molecule has 0 saturated heterocycles. The minimum Gasteiger partial charge on any atom is -0.393 e. The highest BCUT2D eigenvalue weighted by Gasteiger charge is 1.99. The Kier molecular flexibility index (Phi) is 4.72. The average molecular weight is 131 g/mol. The summed E-state index contributed by atoms with van der Waals surface area (Å²) in [5.41, 5.74) is 0. The number of aliphatic hydroxyl groups excluding tert-OH is 1. The summed E-state index contributed by atoms with van der Waals surface area (Å²) < 4.78 is 0. The summed E-state index contributed by atoms with van der Waals surface area (Å²) in [5.74, 6) is 0. The summed E-state index contributed by atoms with van der Waals surface area (Å²) in [5, 5.41) is 12.0. The van der Waals surface area contributed by atoms with Crippen molar-refractivity contribution < 1.29 is 5.11 Å². The zero-order valence-electron chi connectivity index (χ0n) is 6.52. The normalized spacial score (nSPS) is 17.3. The molecule has 0 radical (unpaired) electrons. The number of aliphatic hydroxyl groups is 1. The van der Waals surface area contributed by atoms with Crippen molar-refractivity contribution in [1.29, 1.82) is 0 Å². The fourth-order valence-corrected chi connectivity index (χ4v) is 0.636. The molecule has 0 aromatic heterocycles. The Morgan fingerprint density at radius 1 is 1.33 bits per heavy atom. The molecule has 2 unspecified atom stereocenters. The van der Waals surface area contributed by atoms with Gasteiger partial charge in [-0.3, -0.25) is 0 Å². The van der Waals surface area contributed by atoms with E-state index in [9.17, 15) is 0 Å². The highest BCUT2D eigenvalue weighted by atomic mass is 16.3. The second kappa shape index (κ2) is 4.77. The molecule has 0 saturated carbocycles. The Morgan fingerprint density at radius 2 is 1.89 bits per heavy atom. The molecule has 2 heteroatoms. The van der Waals surface area contributed by atoms with Crippen LogP contribution < -0.4 is 5.32 Å². The molecule has 9 heavy (non-hydrogen) atoms. The summed E-state index contributed by atoms with van der Waals surface area (Å²) in [4.78, 5) is 0. The Balaban J connectivity index is 3.06. The number of hydrogen-bond acceptors (Lipinski definition) is 2. The Bertz CT molecular complexity index is 63.9. The molecular formula is C7H17NO. The van der Waals surface area contributed by atoms with E-state index in [1.807, 2.05) is 14.0 Å². The standard InChI is InChI=1S/C7H17NO/c1-6(8-3)4-5-7(2)9/h6-9H,4-5H2,1-3H3. The summed E-state index contributed by atoms with van der Waals surface area (Å²) in [6, 6.07) is 0.527. The molecule has 0 aliphatic carbocycles. The van der Waals surface area contributed by atoms with Crippen LogP contribution in [0.3, 0.4) is 0 Å². The third kappa shape index (κ3) is 5.80. The molecule has 2 atom stereocenters. The van der Waals surface area contributed by atoms with Crippen LogP contribution in [0.1, 0.15) is 26.7 Å². The summed E-state index contributed by atoms with van der Waals surface area (Å²) in [6.07, 6.45) is 1.79. The zero-order valence-corrected chi connectivity index (χ0v) is 6.52. The van der Waals surface area contributed by atoms with E-state index in [1.54, 1.807) is 0 Å². The monoisotopic (exact) mass is 131 g/mol. The van der Waals surface area contributed by atoms with Crippen LogP contribution in [0.15, 0.2) is 0 Å². The van der Waals surface area contributed by atoms with Gasteiger partial charge in [-0.2, -0.15) is 0 Å². The van der Waals surface area contributed by atoms with Gasteiger partial charge in [0.1, 0.15) is 0 Å². The van der Waals surface area contributed by atoms with Crippen molar-refractivity contribution in [3.63, 3.8) is 0 Å². The van der Waals surface area contributed by atoms with E-state index in [2.05, 4.69) is 12.2 Å². The van der Waals surface area contributed by atoms with Crippen molar-refractivity contribution in [2.45, 2.75) is 38.8 Å². The van der Waals surface area contributed by atoms with Crippen LogP contribution >= 0.6 is 0 Å². The lowest BCUT2D eigenvalue weighted by molar-refractivity contribution is 0.177. The maximum absolute atomic E-state index is 8.87. The van der Waals surface area contributed by atoms with Gasteiger partial charge in [-0.05, 0) is 33.7 Å². The third-order valence-corrected chi connectivity index (χ3v) is 1.51. The number of nitrogens with one attached hydrogen (secondary N) is 1. The molecular weight excluding hydrogens is 114 g/mol. The van der Waals surface area contributed by atoms with Gasteiger partial charge in [0, 0.05) is 6.04 Å². The molecule has 0 heterocycles. The minimum atomic E-state index is -0.152. The van der Waals surface area contributed by atoms with Crippen molar-refractivity contribution in [3.05, 3.63) is 0 Å².